The molecule has 1 heterocycles. The molecule has 2 atom stereocenters. The van der Waals surface area contributed by atoms with Gasteiger partial charge in [-0.1, -0.05) is 33.1 Å². The second kappa shape index (κ2) is 7.31. The molecule has 1 aromatic heterocycles. The summed E-state index contributed by atoms with van der Waals surface area (Å²) in [6.07, 6.45) is 9.32. The molecule has 2 unspecified atom stereocenters. The summed E-state index contributed by atoms with van der Waals surface area (Å²) in [5.74, 6) is 2.66. The molecule has 0 aliphatic heterocycles. The first-order chi connectivity index (χ1) is 9.33. The molecule has 0 radical (unpaired) electrons. The standard InChI is InChI=1S/C15H26N4/c1-3-9-16-14-10-15(18-11-17-14)19-13-8-6-5-7-12(13)4-2/h10-13H,3-9H2,1-2H3,(H2,16,17,18,19). The maximum Gasteiger partial charge on any atom is 0.131 e. The van der Waals surface area contributed by atoms with Crippen LogP contribution in [0.25, 0.3) is 0 Å². The highest BCUT2D eigenvalue weighted by molar-refractivity contribution is 5.47. The smallest absolute Gasteiger partial charge is 0.131 e. The molecular formula is C15H26N4. The fraction of sp³-hybridized carbons (Fsp3) is 0.733. The maximum absolute atomic E-state index is 4.35. The zero-order valence-electron chi connectivity index (χ0n) is 12.2. The summed E-state index contributed by atoms with van der Waals surface area (Å²) in [6.45, 7) is 5.40. The minimum Gasteiger partial charge on any atom is -0.370 e. The monoisotopic (exact) mass is 262 g/mol. The van der Waals surface area contributed by atoms with E-state index in [2.05, 4.69) is 34.4 Å². The van der Waals surface area contributed by atoms with E-state index in [0.717, 1.165) is 30.5 Å². The molecule has 2 rings (SSSR count). The molecule has 0 saturated heterocycles. The lowest BCUT2D eigenvalue weighted by Gasteiger charge is -2.31. The molecule has 19 heavy (non-hydrogen) atoms. The van der Waals surface area contributed by atoms with E-state index in [1.54, 1.807) is 6.33 Å². The Hall–Kier alpha value is -1.32. The van der Waals surface area contributed by atoms with Gasteiger partial charge in [-0.25, -0.2) is 9.97 Å². The molecule has 1 aromatic rings. The maximum atomic E-state index is 4.35. The van der Waals surface area contributed by atoms with Gasteiger partial charge in [-0.3, -0.25) is 0 Å². The quantitative estimate of drug-likeness (QED) is 0.821. The van der Waals surface area contributed by atoms with Crippen molar-refractivity contribution in [1.29, 1.82) is 0 Å². The van der Waals surface area contributed by atoms with Crippen molar-refractivity contribution in [3.05, 3.63) is 12.4 Å². The third-order valence-electron chi connectivity index (χ3n) is 3.99. The van der Waals surface area contributed by atoms with Crippen molar-refractivity contribution in [3.8, 4) is 0 Å². The third kappa shape index (κ3) is 4.08. The Labute approximate surface area is 116 Å². The van der Waals surface area contributed by atoms with Gasteiger partial charge >= 0.3 is 0 Å². The number of hydrogen-bond donors (Lipinski definition) is 2. The highest BCUT2D eigenvalue weighted by Crippen LogP contribution is 2.29. The summed E-state index contributed by atoms with van der Waals surface area (Å²) in [7, 11) is 0. The van der Waals surface area contributed by atoms with Gasteiger partial charge in [-0.05, 0) is 25.2 Å². The molecule has 4 nitrogen and oxygen atoms in total. The van der Waals surface area contributed by atoms with Crippen LogP contribution in [0.15, 0.2) is 12.4 Å². The lowest BCUT2D eigenvalue weighted by atomic mass is 9.83. The van der Waals surface area contributed by atoms with E-state index in [9.17, 15) is 0 Å². The first kappa shape index (κ1) is 14.1. The first-order valence-corrected chi connectivity index (χ1v) is 7.66. The molecule has 1 aliphatic rings. The van der Waals surface area contributed by atoms with Gasteiger partial charge in [0.05, 0.1) is 0 Å². The Balaban J connectivity index is 1.97. The molecule has 0 amide bonds. The number of aromatic nitrogens is 2. The van der Waals surface area contributed by atoms with Crippen molar-refractivity contribution in [2.75, 3.05) is 17.2 Å². The highest BCUT2D eigenvalue weighted by atomic mass is 15.1. The Morgan fingerprint density at radius 1 is 1.16 bits per heavy atom. The molecular weight excluding hydrogens is 236 g/mol. The molecule has 1 fully saturated rings. The number of hydrogen-bond acceptors (Lipinski definition) is 4. The Kier molecular flexibility index (Phi) is 5.43. The van der Waals surface area contributed by atoms with Gasteiger partial charge in [0.25, 0.3) is 0 Å². The van der Waals surface area contributed by atoms with Crippen LogP contribution < -0.4 is 10.6 Å². The zero-order chi connectivity index (χ0) is 13.5. The molecule has 4 heteroatoms. The van der Waals surface area contributed by atoms with E-state index in [4.69, 9.17) is 0 Å². The van der Waals surface area contributed by atoms with Gasteiger partial charge in [-0.2, -0.15) is 0 Å². The molecule has 0 spiro atoms. The lowest BCUT2D eigenvalue weighted by molar-refractivity contribution is 0.317. The Morgan fingerprint density at radius 2 is 1.95 bits per heavy atom. The second-order valence-corrected chi connectivity index (χ2v) is 5.42. The van der Waals surface area contributed by atoms with Gasteiger partial charge in [-0.15, -0.1) is 0 Å². The van der Waals surface area contributed by atoms with E-state index < -0.39 is 0 Å². The van der Waals surface area contributed by atoms with Gasteiger partial charge < -0.3 is 10.6 Å². The van der Waals surface area contributed by atoms with E-state index in [0.29, 0.717) is 6.04 Å². The summed E-state index contributed by atoms with van der Waals surface area (Å²) < 4.78 is 0. The molecule has 2 N–H and O–H groups in total. The molecule has 0 bridgehead atoms. The number of rotatable bonds is 6. The summed E-state index contributed by atoms with van der Waals surface area (Å²) in [6, 6.07) is 2.60. The van der Waals surface area contributed by atoms with Crippen molar-refractivity contribution >= 4 is 11.6 Å². The Morgan fingerprint density at radius 3 is 2.74 bits per heavy atom. The number of anilines is 2. The van der Waals surface area contributed by atoms with Gasteiger partial charge in [0, 0.05) is 18.7 Å². The van der Waals surface area contributed by atoms with E-state index in [-0.39, 0.29) is 0 Å². The van der Waals surface area contributed by atoms with Crippen LogP contribution in [0.2, 0.25) is 0 Å². The van der Waals surface area contributed by atoms with Gasteiger partial charge in [0.2, 0.25) is 0 Å². The van der Waals surface area contributed by atoms with Crippen molar-refractivity contribution in [3.63, 3.8) is 0 Å². The SMILES string of the molecule is CCCNc1cc(NC2CCCCC2CC)ncn1. The fourth-order valence-electron chi connectivity index (χ4n) is 2.86. The van der Waals surface area contributed by atoms with E-state index in [1.165, 1.54) is 32.1 Å². The minimum absolute atomic E-state index is 0.577. The predicted molar refractivity (Wildman–Crippen MR) is 80.5 cm³/mol. The lowest BCUT2D eigenvalue weighted by Crippen LogP contribution is -2.32. The summed E-state index contributed by atoms with van der Waals surface area (Å²) >= 11 is 0. The van der Waals surface area contributed by atoms with Crippen LogP contribution >= 0.6 is 0 Å². The molecule has 1 aliphatic carbocycles. The second-order valence-electron chi connectivity index (χ2n) is 5.42. The normalized spacial score (nSPS) is 23.1. The number of nitrogens with one attached hydrogen (secondary N) is 2. The van der Waals surface area contributed by atoms with Crippen LogP contribution in [0.1, 0.15) is 52.4 Å². The van der Waals surface area contributed by atoms with Crippen LogP contribution in [0.5, 0.6) is 0 Å². The molecule has 0 aromatic carbocycles. The Bertz CT molecular complexity index is 380. The summed E-state index contributed by atoms with van der Waals surface area (Å²) in [4.78, 5) is 8.60. The van der Waals surface area contributed by atoms with Crippen molar-refractivity contribution in [1.82, 2.24) is 9.97 Å². The van der Waals surface area contributed by atoms with E-state index in [1.807, 2.05) is 6.07 Å². The fourth-order valence-corrected chi connectivity index (χ4v) is 2.86. The van der Waals surface area contributed by atoms with Crippen LogP contribution in [0.3, 0.4) is 0 Å². The number of nitrogens with zero attached hydrogens (tertiary/aromatic N) is 2. The predicted octanol–water partition coefficient (Wildman–Crippen LogP) is 3.68. The average Bonchev–Trinajstić information content (AvgIpc) is 2.46. The van der Waals surface area contributed by atoms with Crippen LogP contribution in [-0.2, 0) is 0 Å². The molecule has 106 valence electrons. The van der Waals surface area contributed by atoms with Crippen molar-refractivity contribution < 1.29 is 0 Å². The highest BCUT2D eigenvalue weighted by Gasteiger charge is 2.23. The van der Waals surface area contributed by atoms with E-state index >= 15 is 0 Å². The topological polar surface area (TPSA) is 49.8 Å². The minimum atomic E-state index is 0.577. The first-order valence-electron chi connectivity index (χ1n) is 7.66. The van der Waals surface area contributed by atoms with Crippen LogP contribution in [0, 0.1) is 5.92 Å². The van der Waals surface area contributed by atoms with Crippen LogP contribution in [-0.4, -0.2) is 22.6 Å². The van der Waals surface area contributed by atoms with Crippen molar-refractivity contribution in [2.24, 2.45) is 5.92 Å². The van der Waals surface area contributed by atoms with Gasteiger partial charge in [0.15, 0.2) is 0 Å². The average molecular weight is 262 g/mol. The third-order valence-corrected chi connectivity index (χ3v) is 3.99. The summed E-state index contributed by atoms with van der Waals surface area (Å²) in [5, 5.41) is 6.91. The zero-order valence-corrected chi connectivity index (χ0v) is 12.2. The van der Waals surface area contributed by atoms with Crippen molar-refractivity contribution in [2.45, 2.75) is 58.4 Å². The van der Waals surface area contributed by atoms with Crippen LogP contribution in [0.4, 0.5) is 11.6 Å². The summed E-state index contributed by atoms with van der Waals surface area (Å²) in [5.41, 5.74) is 0. The van der Waals surface area contributed by atoms with Gasteiger partial charge in [0.1, 0.15) is 18.0 Å². The largest absolute Gasteiger partial charge is 0.370 e. The molecule has 1 saturated carbocycles.